The van der Waals surface area contributed by atoms with Gasteiger partial charge in [0, 0.05) is 32.1 Å². The fourth-order valence-corrected chi connectivity index (χ4v) is 2.96. The van der Waals surface area contributed by atoms with Crippen molar-refractivity contribution in [3.63, 3.8) is 0 Å². The van der Waals surface area contributed by atoms with Crippen molar-refractivity contribution in [1.82, 2.24) is 19.9 Å². The molecule has 1 amide bonds. The van der Waals surface area contributed by atoms with Crippen LogP contribution in [0.4, 0.5) is 8.78 Å². The number of halogens is 2. The first-order valence-electron chi connectivity index (χ1n) is 8.82. The highest BCUT2D eigenvalue weighted by Crippen LogP contribution is 2.29. The molecule has 2 aromatic rings. The smallest absolute Gasteiger partial charge is 0.387 e. The van der Waals surface area contributed by atoms with Crippen LogP contribution < -0.4 is 4.74 Å². The molecular weight excluding hydrogens is 358 g/mol. The summed E-state index contributed by atoms with van der Waals surface area (Å²) in [6, 6.07) is 6.32. The predicted molar refractivity (Wildman–Crippen MR) is 93.1 cm³/mol. The molecule has 1 fully saturated rings. The minimum Gasteiger partial charge on any atom is -0.434 e. The zero-order chi connectivity index (χ0) is 19.4. The molecular formula is C18H22F2N4O3. The van der Waals surface area contributed by atoms with Crippen molar-refractivity contribution in [3.8, 4) is 17.1 Å². The van der Waals surface area contributed by atoms with Crippen molar-refractivity contribution in [2.75, 3.05) is 26.2 Å². The lowest BCUT2D eigenvalue weighted by Crippen LogP contribution is -2.49. The number of ether oxygens (including phenoxy) is 1. The van der Waals surface area contributed by atoms with E-state index in [1.807, 2.05) is 18.7 Å². The number of alkyl halides is 2. The van der Waals surface area contributed by atoms with Gasteiger partial charge >= 0.3 is 6.61 Å². The summed E-state index contributed by atoms with van der Waals surface area (Å²) in [6.07, 6.45) is 0. The van der Waals surface area contributed by atoms with E-state index in [4.69, 9.17) is 4.52 Å². The Bertz CT molecular complexity index is 773. The number of amides is 1. The Kier molecular flexibility index (Phi) is 6.00. The van der Waals surface area contributed by atoms with Crippen LogP contribution in [0.15, 0.2) is 28.8 Å². The third-order valence-corrected chi connectivity index (χ3v) is 4.35. The van der Waals surface area contributed by atoms with Crippen LogP contribution in [0.2, 0.25) is 0 Å². The van der Waals surface area contributed by atoms with Crippen LogP contribution >= 0.6 is 0 Å². The van der Waals surface area contributed by atoms with Crippen molar-refractivity contribution in [1.29, 1.82) is 0 Å². The van der Waals surface area contributed by atoms with Gasteiger partial charge in [-0.15, -0.1) is 0 Å². The second-order valence-corrected chi connectivity index (χ2v) is 6.64. The second kappa shape index (κ2) is 8.43. The van der Waals surface area contributed by atoms with Crippen molar-refractivity contribution in [2.24, 2.45) is 5.92 Å². The first-order chi connectivity index (χ1) is 12.9. The molecule has 27 heavy (non-hydrogen) atoms. The Labute approximate surface area is 155 Å². The number of para-hydroxylation sites is 1. The number of rotatable bonds is 6. The van der Waals surface area contributed by atoms with Crippen LogP contribution in [0, 0.1) is 5.92 Å². The SMILES string of the molecule is CC(C)C(=O)N1CCN(Cc2nc(-c3ccccc3OC(F)F)no2)CC1. The molecule has 9 heteroatoms. The number of carbonyl (C=O) groups is 1. The normalized spacial score (nSPS) is 15.6. The van der Waals surface area contributed by atoms with Crippen molar-refractivity contribution in [3.05, 3.63) is 30.2 Å². The van der Waals surface area contributed by atoms with E-state index in [1.54, 1.807) is 18.2 Å². The van der Waals surface area contributed by atoms with E-state index < -0.39 is 6.61 Å². The first kappa shape index (κ1) is 19.2. The quantitative estimate of drug-likeness (QED) is 0.767. The third-order valence-electron chi connectivity index (χ3n) is 4.35. The van der Waals surface area contributed by atoms with Crippen LogP contribution in [0.25, 0.3) is 11.4 Å². The number of piperazine rings is 1. The summed E-state index contributed by atoms with van der Waals surface area (Å²) < 4.78 is 34.9. The molecule has 1 aromatic heterocycles. The van der Waals surface area contributed by atoms with Crippen molar-refractivity contribution < 1.29 is 22.8 Å². The van der Waals surface area contributed by atoms with Gasteiger partial charge in [0.1, 0.15) is 5.75 Å². The minimum atomic E-state index is -2.93. The van der Waals surface area contributed by atoms with E-state index >= 15 is 0 Å². The van der Waals surface area contributed by atoms with E-state index in [1.165, 1.54) is 6.07 Å². The molecule has 0 unspecified atom stereocenters. The number of aromatic nitrogens is 2. The van der Waals surface area contributed by atoms with Gasteiger partial charge in [-0.1, -0.05) is 31.1 Å². The average Bonchev–Trinajstić information content (AvgIpc) is 3.10. The van der Waals surface area contributed by atoms with Gasteiger partial charge < -0.3 is 14.2 Å². The molecule has 0 spiro atoms. The summed E-state index contributed by atoms with van der Waals surface area (Å²) in [5.41, 5.74) is 0.347. The number of benzene rings is 1. The zero-order valence-electron chi connectivity index (χ0n) is 15.3. The highest BCUT2D eigenvalue weighted by Gasteiger charge is 2.24. The standard InChI is InChI=1S/C18H22F2N4O3/c1-12(2)17(25)24-9-7-23(8-10-24)11-15-21-16(22-27-15)13-5-3-4-6-14(13)26-18(19)20/h3-6,12,18H,7-11H2,1-2H3. The summed E-state index contributed by atoms with van der Waals surface area (Å²) in [4.78, 5) is 20.3. The van der Waals surface area contributed by atoms with Crippen LogP contribution in [-0.4, -0.2) is 58.6 Å². The van der Waals surface area contributed by atoms with Gasteiger partial charge in [0.2, 0.25) is 17.6 Å². The molecule has 1 saturated heterocycles. The molecule has 1 aliphatic rings. The maximum absolute atomic E-state index is 12.5. The Morgan fingerprint density at radius 2 is 1.93 bits per heavy atom. The Morgan fingerprint density at radius 1 is 1.22 bits per heavy atom. The monoisotopic (exact) mass is 380 g/mol. The molecule has 0 radical (unpaired) electrons. The van der Waals surface area contributed by atoms with Gasteiger partial charge in [0.15, 0.2) is 0 Å². The molecule has 0 bridgehead atoms. The maximum Gasteiger partial charge on any atom is 0.387 e. The van der Waals surface area contributed by atoms with Crippen molar-refractivity contribution in [2.45, 2.75) is 27.0 Å². The second-order valence-electron chi connectivity index (χ2n) is 6.64. The predicted octanol–water partition coefficient (Wildman–Crippen LogP) is 2.64. The largest absolute Gasteiger partial charge is 0.434 e. The van der Waals surface area contributed by atoms with E-state index in [0.717, 1.165) is 0 Å². The lowest BCUT2D eigenvalue weighted by atomic mass is 10.1. The van der Waals surface area contributed by atoms with E-state index in [0.29, 0.717) is 44.2 Å². The maximum atomic E-state index is 12.5. The fraction of sp³-hybridized carbons (Fsp3) is 0.500. The van der Waals surface area contributed by atoms with Gasteiger partial charge in [-0.05, 0) is 12.1 Å². The Balaban J connectivity index is 1.62. The summed E-state index contributed by atoms with van der Waals surface area (Å²) >= 11 is 0. The van der Waals surface area contributed by atoms with E-state index in [9.17, 15) is 13.6 Å². The molecule has 3 rings (SSSR count). The number of hydrogen-bond acceptors (Lipinski definition) is 6. The van der Waals surface area contributed by atoms with Crippen molar-refractivity contribution >= 4 is 5.91 Å². The van der Waals surface area contributed by atoms with Gasteiger partial charge in [0.25, 0.3) is 0 Å². The first-order valence-corrected chi connectivity index (χ1v) is 8.82. The van der Waals surface area contributed by atoms with Gasteiger partial charge in [-0.2, -0.15) is 13.8 Å². The number of hydrogen-bond donors (Lipinski definition) is 0. The number of nitrogens with zero attached hydrogens (tertiary/aromatic N) is 4. The minimum absolute atomic E-state index is 0.000613. The van der Waals surface area contributed by atoms with Gasteiger partial charge in [-0.25, -0.2) is 0 Å². The highest BCUT2D eigenvalue weighted by atomic mass is 19.3. The summed E-state index contributed by atoms with van der Waals surface area (Å²) in [5.74, 6) is 0.743. The molecule has 7 nitrogen and oxygen atoms in total. The van der Waals surface area contributed by atoms with E-state index in [-0.39, 0.29) is 23.4 Å². The van der Waals surface area contributed by atoms with Crippen LogP contribution in [0.1, 0.15) is 19.7 Å². The molecule has 0 atom stereocenters. The Morgan fingerprint density at radius 3 is 2.59 bits per heavy atom. The molecule has 0 N–H and O–H groups in total. The van der Waals surface area contributed by atoms with Crippen LogP contribution in [0.3, 0.4) is 0 Å². The molecule has 1 aromatic carbocycles. The lowest BCUT2D eigenvalue weighted by Gasteiger charge is -2.34. The summed E-state index contributed by atoms with van der Waals surface area (Å²) in [6.45, 7) is 4.03. The molecule has 146 valence electrons. The molecule has 1 aliphatic heterocycles. The van der Waals surface area contributed by atoms with Gasteiger partial charge in [0.05, 0.1) is 12.1 Å². The van der Waals surface area contributed by atoms with Gasteiger partial charge in [-0.3, -0.25) is 9.69 Å². The van der Waals surface area contributed by atoms with Crippen LogP contribution in [0.5, 0.6) is 5.75 Å². The zero-order valence-corrected chi connectivity index (χ0v) is 15.3. The summed E-state index contributed by atoms with van der Waals surface area (Å²) in [7, 11) is 0. The third kappa shape index (κ3) is 4.79. The summed E-state index contributed by atoms with van der Waals surface area (Å²) in [5, 5.41) is 3.88. The molecule has 0 saturated carbocycles. The van der Waals surface area contributed by atoms with E-state index in [2.05, 4.69) is 19.8 Å². The number of carbonyl (C=O) groups excluding carboxylic acids is 1. The highest BCUT2D eigenvalue weighted by molar-refractivity contribution is 5.78. The topological polar surface area (TPSA) is 71.7 Å². The Hall–Kier alpha value is -2.55. The fourth-order valence-electron chi connectivity index (χ4n) is 2.96. The average molecular weight is 380 g/mol. The molecule has 0 aliphatic carbocycles. The van der Waals surface area contributed by atoms with Crippen LogP contribution in [-0.2, 0) is 11.3 Å². The molecule has 2 heterocycles. The lowest BCUT2D eigenvalue weighted by molar-refractivity contribution is -0.136.